The first-order valence-electron chi connectivity index (χ1n) is 8.47. The summed E-state index contributed by atoms with van der Waals surface area (Å²) in [6.45, 7) is 1.75. The Bertz CT molecular complexity index is 409. The van der Waals surface area contributed by atoms with Gasteiger partial charge in [-0.2, -0.15) is 17.0 Å². The number of likely N-dealkylation sites (N-methyl/N-ethyl adjacent to an activating group) is 1. The lowest BCUT2D eigenvalue weighted by Gasteiger charge is -2.41. The molecule has 0 aromatic carbocycles. The summed E-state index contributed by atoms with van der Waals surface area (Å²) in [7, 11) is -1.64. The second kappa shape index (κ2) is 7.40. The van der Waals surface area contributed by atoms with Gasteiger partial charge in [0.05, 0.1) is 0 Å². The second-order valence-electron chi connectivity index (χ2n) is 6.63. The lowest BCUT2D eigenvalue weighted by Crippen LogP contribution is -2.57. The van der Waals surface area contributed by atoms with Gasteiger partial charge in [0.25, 0.3) is 10.2 Å². The van der Waals surface area contributed by atoms with Crippen molar-refractivity contribution in [3.63, 3.8) is 0 Å². The molecule has 2 rings (SSSR count). The Morgan fingerprint density at radius 3 is 1.90 bits per heavy atom. The highest BCUT2D eigenvalue weighted by Gasteiger charge is 2.42. The van der Waals surface area contributed by atoms with Gasteiger partial charge in [0.1, 0.15) is 0 Å². The van der Waals surface area contributed by atoms with Crippen LogP contribution in [0.2, 0.25) is 0 Å². The molecule has 0 aromatic heterocycles. The van der Waals surface area contributed by atoms with E-state index in [2.05, 4.69) is 0 Å². The fourth-order valence-corrected chi connectivity index (χ4v) is 5.54. The van der Waals surface area contributed by atoms with Crippen LogP contribution in [-0.4, -0.2) is 49.2 Å². The zero-order chi connectivity index (χ0) is 15.3. The van der Waals surface area contributed by atoms with Crippen molar-refractivity contribution in [1.82, 2.24) is 8.61 Å². The summed E-state index contributed by atoms with van der Waals surface area (Å²) in [5.74, 6) is 0. The fourth-order valence-electron chi connectivity index (χ4n) is 3.72. The maximum atomic E-state index is 13.0. The maximum Gasteiger partial charge on any atom is 0.282 e. The number of hydrogen-bond donors (Lipinski definition) is 1. The van der Waals surface area contributed by atoms with Gasteiger partial charge in [0.2, 0.25) is 0 Å². The van der Waals surface area contributed by atoms with Crippen molar-refractivity contribution in [1.29, 1.82) is 0 Å². The third kappa shape index (κ3) is 3.78. The minimum atomic E-state index is -3.39. The second-order valence-corrected chi connectivity index (χ2v) is 8.59. The van der Waals surface area contributed by atoms with E-state index in [1.54, 1.807) is 15.7 Å². The normalized spacial score (nSPS) is 25.5. The third-order valence-corrected chi connectivity index (χ3v) is 7.42. The van der Waals surface area contributed by atoms with Crippen molar-refractivity contribution < 1.29 is 8.42 Å². The first-order chi connectivity index (χ1) is 10.0. The van der Waals surface area contributed by atoms with Crippen LogP contribution < -0.4 is 5.73 Å². The average molecular weight is 317 g/mol. The smallest absolute Gasteiger partial charge is 0.282 e. The minimum absolute atomic E-state index is 0.373. The minimum Gasteiger partial charge on any atom is -0.329 e. The van der Waals surface area contributed by atoms with Gasteiger partial charge in [-0.3, -0.25) is 0 Å². The monoisotopic (exact) mass is 317 g/mol. The van der Waals surface area contributed by atoms with Crippen LogP contribution in [0.25, 0.3) is 0 Å². The molecule has 2 aliphatic rings. The zero-order valence-electron chi connectivity index (χ0n) is 13.4. The van der Waals surface area contributed by atoms with Crippen molar-refractivity contribution in [2.24, 2.45) is 5.73 Å². The Morgan fingerprint density at radius 1 is 0.952 bits per heavy atom. The molecule has 1 saturated heterocycles. The molecule has 6 heteroatoms. The van der Waals surface area contributed by atoms with Crippen molar-refractivity contribution in [3.8, 4) is 0 Å². The molecule has 0 amide bonds. The average Bonchev–Trinajstić information content (AvgIpc) is 2.90. The Balaban J connectivity index is 2.19. The van der Waals surface area contributed by atoms with E-state index in [0.29, 0.717) is 19.6 Å². The van der Waals surface area contributed by atoms with E-state index in [-0.39, 0.29) is 5.54 Å². The van der Waals surface area contributed by atoms with Gasteiger partial charge in [-0.25, -0.2) is 0 Å². The van der Waals surface area contributed by atoms with E-state index in [1.807, 2.05) is 0 Å². The highest BCUT2D eigenvalue weighted by Crippen LogP contribution is 2.34. The van der Waals surface area contributed by atoms with E-state index in [4.69, 9.17) is 5.73 Å². The summed E-state index contributed by atoms with van der Waals surface area (Å²) in [5, 5.41) is 0. The van der Waals surface area contributed by atoms with Crippen LogP contribution in [0, 0.1) is 0 Å². The molecule has 1 heterocycles. The summed E-state index contributed by atoms with van der Waals surface area (Å²) in [4.78, 5) is 0. The van der Waals surface area contributed by atoms with Gasteiger partial charge >= 0.3 is 0 Å². The lowest BCUT2D eigenvalue weighted by molar-refractivity contribution is 0.183. The largest absolute Gasteiger partial charge is 0.329 e. The summed E-state index contributed by atoms with van der Waals surface area (Å²) in [6.07, 6.45) is 10.6. The van der Waals surface area contributed by atoms with E-state index in [1.165, 1.54) is 12.8 Å². The molecule has 0 atom stereocenters. The zero-order valence-corrected chi connectivity index (χ0v) is 14.2. The summed E-state index contributed by atoms with van der Waals surface area (Å²) in [5.41, 5.74) is 5.67. The SMILES string of the molecule is CN(C1(CN)CCCCCC1)S(=O)(=O)N1CCCCCC1. The van der Waals surface area contributed by atoms with Gasteiger partial charge in [0.15, 0.2) is 0 Å². The predicted octanol–water partition coefficient (Wildman–Crippen LogP) is 2.09. The molecule has 1 aliphatic heterocycles. The maximum absolute atomic E-state index is 13.0. The van der Waals surface area contributed by atoms with Gasteiger partial charge in [0, 0.05) is 32.2 Å². The molecule has 0 spiro atoms. The quantitative estimate of drug-likeness (QED) is 0.807. The van der Waals surface area contributed by atoms with Gasteiger partial charge in [-0.1, -0.05) is 38.5 Å². The van der Waals surface area contributed by atoms with E-state index in [0.717, 1.165) is 51.4 Å². The van der Waals surface area contributed by atoms with E-state index < -0.39 is 10.2 Å². The molecule has 0 aromatic rings. The van der Waals surface area contributed by atoms with Crippen LogP contribution in [-0.2, 0) is 10.2 Å². The lowest BCUT2D eigenvalue weighted by atomic mass is 9.90. The molecule has 1 saturated carbocycles. The Hall–Kier alpha value is -0.170. The van der Waals surface area contributed by atoms with Crippen molar-refractivity contribution in [2.45, 2.75) is 69.7 Å². The van der Waals surface area contributed by atoms with Crippen LogP contribution in [0.5, 0.6) is 0 Å². The van der Waals surface area contributed by atoms with E-state index >= 15 is 0 Å². The molecule has 1 aliphatic carbocycles. The molecule has 5 nitrogen and oxygen atoms in total. The number of nitrogens with zero attached hydrogens (tertiary/aromatic N) is 2. The molecule has 124 valence electrons. The topological polar surface area (TPSA) is 66.6 Å². The predicted molar refractivity (Wildman–Crippen MR) is 86.2 cm³/mol. The number of nitrogens with two attached hydrogens (primary N) is 1. The van der Waals surface area contributed by atoms with Crippen LogP contribution in [0.3, 0.4) is 0 Å². The fraction of sp³-hybridized carbons (Fsp3) is 1.00. The van der Waals surface area contributed by atoms with E-state index in [9.17, 15) is 8.42 Å². The molecule has 0 unspecified atom stereocenters. The van der Waals surface area contributed by atoms with Gasteiger partial charge in [-0.05, 0) is 25.7 Å². The van der Waals surface area contributed by atoms with Crippen LogP contribution in [0.1, 0.15) is 64.2 Å². The molecular formula is C15H31N3O2S. The van der Waals surface area contributed by atoms with Crippen molar-refractivity contribution in [2.75, 3.05) is 26.7 Å². The van der Waals surface area contributed by atoms with Gasteiger partial charge in [-0.15, -0.1) is 0 Å². The number of hydrogen-bond acceptors (Lipinski definition) is 3. The van der Waals surface area contributed by atoms with Crippen LogP contribution in [0.15, 0.2) is 0 Å². The molecule has 21 heavy (non-hydrogen) atoms. The van der Waals surface area contributed by atoms with Crippen LogP contribution >= 0.6 is 0 Å². The first-order valence-corrected chi connectivity index (χ1v) is 9.87. The highest BCUT2D eigenvalue weighted by atomic mass is 32.2. The Labute approximate surface area is 130 Å². The molecule has 0 bridgehead atoms. The summed E-state index contributed by atoms with van der Waals surface area (Å²) < 4.78 is 29.3. The van der Waals surface area contributed by atoms with Crippen molar-refractivity contribution in [3.05, 3.63) is 0 Å². The van der Waals surface area contributed by atoms with Gasteiger partial charge < -0.3 is 5.73 Å². The summed E-state index contributed by atoms with van der Waals surface area (Å²) in [6, 6.07) is 0. The molecular weight excluding hydrogens is 286 g/mol. The Kier molecular flexibility index (Phi) is 6.05. The standard InChI is InChI=1S/C15H31N3O2S/c1-17(15(14-16)10-6-2-3-7-11-15)21(19,20)18-12-8-4-5-9-13-18/h2-14,16H2,1H3. The summed E-state index contributed by atoms with van der Waals surface area (Å²) >= 11 is 0. The highest BCUT2D eigenvalue weighted by molar-refractivity contribution is 7.86. The molecule has 2 N–H and O–H groups in total. The Morgan fingerprint density at radius 2 is 1.43 bits per heavy atom. The molecule has 2 fully saturated rings. The third-order valence-electron chi connectivity index (χ3n) is 5.32. The number of rotatable bonds is 4. The van der Waals surface area contributed by atoms with Crippen LogP contribution in [0.4, 0.5) is 0 Å². The molecule has 0 radical (unpaired) electrons. The van der Waals surface area contributed by atoms with Crippen molar-refractivity contribution >= 4 is 10.2 Å². The first kappa shape index (κ1) is 17.2.